The molecule has 2 rings (SSSR count). The Hall–Kier alpha value is -1.47. The molecule has 0 aliphatic heterocycles. The molecule has 0 aliphatic rings. The van der Waals surface area contributed by atoms with Crippen LogP contribution in [0.2, 0.25) is 0 Å². The lowest BCUT2D eigenvalue weighted by atomic mass is 10.2. The van der Waals surface area contributed by atoms with Crippen LogP contribution in [0.3, 0.4) is 0 Å². The number of benzene rings is 1. The van der Waals surface area contributed by atoms with E-state index in [9.17, 15) is 9.18 Å². The lowest BCUT2D eigenvalue weighted by molar-refractivity contribution is 0.0692. The third kappa shape index (κ3) is 2.29. The van der Waals surface area contributed by atoms with Crippen LogP contribution >= 0.6 is 27.3 Å². The molecule has 17 heavy (non-hydrogen) atoms. The summed E-state index contributed by atoms with van der Waals surface area (Å²) < 4.78 is 13.3. The van der Waals surface area contributed by atoms with Gasteiger partial charge in [0.25, 0.3) is 0 Å². The number of nitrogen functional groups attached to an aromatic ring is 1. The third-order valence-electron chi connectivity index (χ3n) is 2.02. The summed E-state index contributed by atoms with van der Waals surface area (Å²) in [7, 11) is 0. The van der Waals surface area contributed by atoms with Gasteiger partial charge in [-0.25, -0.2) is 14.2 Å². The zero-order valence-corrected chi connectivity index (χ0v) is 10.7. The molecule has 0 fully saturated rings. The van der Waals surface area contributed by atoms with Gasteiger partial charge in [-0.2, -0.15) is 0 Å². The van der Waals surface area contributed by atoms with Crippen LogP contribution in [0.4, 0.5) is 9.39 Å². The monoisotopic (exact) mass is 316 g/mol. The number of rotatable bonds is 2. The molecule has 0 atom stereocenters. The largest absolute Gasteiger partial charge is 0.476 e. The van der Waals surface area contributed by atoms with Crippen molar-refractivity contribution in [2.75, 3.05) is 5.73 Å². The molecule has 0 bridgehead atoms. The Morgan fingerprint density at radius 1 is 1.53 bits per heavy atom. The second-order valence-corrected chi connectivity index (χ2v) is 5.05. The Morgan fingerprint density at radius 3 is 2.76 bits per heavy atom. The minimum absolute atomic E-state index is 0.132. The van der Waals surface area contributed by atoms with Gasteiger partial charge in [0, 0.05) is 5.56 Å². The Labute approximate surface area is 108 Å². The summed E-state index contributed by atoms with van der Waals surface area (Å²) in [6.07, 6.45) is 0. The lowest BCUT2D eigenvalue weighted by Crippen LogP contribution is -2.00. The summed E-state index contributed by atoms with van der Waals surface area (Å²) in [5.74, 6) is -1.57. The maximum Gasteiger partial charge on any atom is 0.357 e. The van der Waals surface area contributed by atoms with E-state index in [0.29, 0.717) is 15.0 Å². The molecule has 0 saturated carbocycles. The predicted octanol–water partition coefficient (Wildman–Crippen LogP) is 2.99. The summed E-state index contributed by atoms with van der Waals surface area (Å²) in [6, 6.07) is 4.32. The van der Waals surface area contributed by atoms with E-state index in [1.165, 1.54) is 18.2 Å². The van der Waals surface area contributed by atoms with E-state index >= 15 is 0 Å². The number of halogens is 2. The van der Waals surface area contributed by atoms with Gasteiger partial charge in [0.15, 0.2) is 5.69 Å². The van der Waals surface area contributed by atoms with Crippen LogP contribution < -0.4 is 5.73 Å². The van der Waals surface area contributed by atoms with Gasteiger partial charge >= 0.3 is 5.97 Å². The van der Waals surface area contributed by atoms with Crippen molar-refractivity contribution in [3.63, 3.8) is 0 Å². The van der Waals surface area contributed by atoms with Crippen LogP contribution in [0.1, 0.15) is 10.5 Å². The van der Waals surface area contributed by atoms with Crippen LogP contribution in [-0.2, 0) is 0 Å². The van der Waals surface area contributed by atoms with Gasteiger partial charge < -0.3 is 10.8 Å². The quantitative estimate of drug-likeness (QED) is 0.893. The van der Waals surface area contributed by atoms with Gasteiger partial charge in [-0.1, -0.05) is 11.3 Å². The summed E-state index contributed by atoms with van der Waals surface area (Å²) in [5, 5.41) is 9.40. The number of carbonyl (C=O) groups is 1. The van der Waals surface area contributed by atoms with E-state index in [1.807, 2.05) is 0 Å². The molecule has 88 valence electrons. The molecule has 4 nitrogen and oxygen atoms in total. The number of nitrogens with two attached hydrogens (primary N) is 1. The fourth-order valence-electron chi connectivity index (χ4n) is 1.24. The molecular weight excluding hydrogens is 311 g/mol. The molecule has 2 aromatic rings. The first-order valence-corrected chi connectivity index (χ1v) is 6.05. The summed E-state index contributed by atoms with van der Waals surface area (Å²) in [4.78, 5) is 14.7. The van der Waals surface area contributed by atoms with Gasteiger partial charge in [0.05, 0.1) is 4.47 Å². The van der Waals surface area contributed by atoms with Gasteiger partial charge in [-0.05, 0) is 34.1 Å². The zero-order valence-electron chi connectivity index (χ0n) is 8.28. The van der Waals surface area contributed by atoms with Gasteiger partial charge in [0.2, 0.25) is 0 Å². The van der Waals surface area contributed by atoms with E-state index in [0.717, 1.165) is 11.3 Å². The van der Waals surface area contributed by atoms with E-state index in [4.69, 9.17) is 10.8 Å². The molecule has 7 heteroatoms. The second kappa shape index (κ2) is 4.42. The predicted molar refractivity (Wildman–Crippen MR) is 66.6 cm³/mol. The summed E-state index contributed by atoms with van der Waals surface area (Å²) >= 11 is 4.10. The highest BCUT2D eigenvalue weighted by Crippen LogP contribution is 2.32. The maximum absolute atomic E-state index is 13.0. The fourth-order valence-corrected chi connectivity index (χ4v) is 2.44. The number of aromatic nitrogens is 1. The molecule has 0 amide bonds. The smallest absolute Gasteiger partial charge is 0.357 e. The maximum atomic E-state index is 13.0. The number of thiazole rings is 1. The first-order chi connectivity index (χ1) is 7.99. The number of anilines is 1. The Bertz CT molecular complexity index is 600. The number of aromatic carboxylic acids is 1. The van der Waals surface area contributed by atoms with E-state index < -0.39 is 11.8 Å². The number of hydrogen-bond acceptors (Lipinski definition) is 4. The molecule has 0 unspecified atom stereocenters. The van der Waals surface area contributed by atoms with Gasteiger partial charge in [0.1, 0.15) is 15.8 Å². The topological polar surface area (TPSA) is 76.2 Å². The molecule has 0 saturated heterocycles. The molecule has 1 aromatic heterocycles. The molecule has 0 aliphatic carbocycles. The van der Waals surface area contributed by atoms with E-state index in [2.05, 4.69) is 20.9 Å². The summed E-state index contributed by atoms with van der Waals surface area (Å²) in [5.41, 5.74) is 5.97. The number of carboxylic acid groups (broad SMARTS) is 1. The minimum atomic E-state index is -1.17. The zero-order chi connectivity index (χ0) is 12.6. The van der Waals surface area contributed by atoms with Crippen molar-refractivity contribution in [3.8, 4) is 10.6 Å². The van der Waals surface area contributed by atoms with Crippen molar-refractivity contribution in [2.45, 2.75) is 0 Å². The number of nitrogens with zero attached hydrogens (tertiary/aromatic N) is 1. The standard InChI is InChI=1S/C10H6BrFN2O2S/c11-5-3-4(1-2-6(5)12)9-14-7(10(15)16)8(13)17-9/h1-3H,13H2,(H,15,16). The van der Waals surface area contributed by atoms with Crippen LogP contribution in [0, 0.1) is 5.82 Å². The lowest BCUT2D eigenvalue weighted by Gasteiger charge is -1.98. The second-order valence-electron chi connectivity index (χ2n) is 3.17. The number of carboxylic acids is 1. The van der Waals surface area contributed by atoms with Crippen LogP contribution in [0.15, 0.2) is 22.7 Å². The van der Waals surface area contributed by atoms with Crippen LogP contribution in [0.25, 0.3) is 10.6 Å². The molecule has 3 N–H and O–H groups in total. The highest BCUT2D eigenvalue weighted by Gasteiger charge is 2.16. The van der Waals surface area contributed by atoms with Crippen molar-refractivity contribution in [1.82, 2.24) is 4.98 Å². The highest BCUT2D eigenvalue weighted by atomic mass is 79.9. The van der Waals surface area contributed by atoms with Gasteiger partial charge in [-0.3, -0.25) is 0 Å². The van der Waals surface area contributed by atoms with Crippen molar-refractivity contribution in [1.29, 1.82) is 0 Å². The van der Waals surface area contributed by atoms with Crippen molar-refractivity contribution >= 4 is 38.2 Å². The third-order valence-corrected chi connectivity index (χ3v) is 3.56. The van der Waals surface area contributed by atoms with Crippen molar-refractivity contribution < 1.29 is 14.3 Å². The molecular formula is C10H6BrFN2O2S. The van der Waals surface area contributed by atoms with Crippen LogP contribution in [-0.4, -0.2) is 16.1 Å². The van der Waals surface area contributed by atoms with Crippen LogP contribution in [0.5, 0.6) is 0 Å². The Balaban J connectivity index is 2.50. The van der Waals surface area contributed by atoms with E-state index in [-0.39, 0.29) is 10.7 Å². The fraction of sp³-hybridized carbons (Fsp3) is 0. The van der Waals surface area contributed by atoms with Crippen molar-refractivity contribution in [2.24, 2.45) is 0 Å². The average Bonchev–Trinajstić information content (AvgIpc) is 2.64. The minimum Gasteiger partial charge on any atom is -0.476 e. The highest BCUT2D eigenvalue weighted by molar-refractivity contribution is 9.10. The SMILES string of the molecule is Nc1sc(-c2ccc(F)c(Br)c2)nc1C(=O)O. The van der Waals surface area contributed by atoms with Crippen molar-refractivity contribution in [3.05, 3.63) is 34.2 Å². The average molecular weight is 317 g/mol. The van der Waals surface area contributed by atoms with E-state index in [1.54, 1.807) is 0 Å². The number of hydrogen-bond donors (Lipinski definition) is 2. The molecule has 0 spiro atoms. The normalized spacial score (nSPS) is 10.5. The molecule has 1 heterocycles. The molecule has 0 radical (unpaired) electrons. The summed E-state index contributed by atoms with van der Waals surface area (Å²) in [6.45, 7) is 0. The first-order valence-electron chi connectivity index (χ1n) is 4.44. The molecule has 1 aromatic carbocycles. The first kappa shape index (κ1) is 12.0. The Morgan fingerprint density at radius 2 is 2.24 bits per heavy atom. The van der Waals surface area contributed by atoms with Gasteiger partial charge in [-0.15, -0.1) is 0 Å². The Kier molecular flexibility index (Phi) is 3.12.